The van der Waals surface area contributed by atoms with Crippen LogP contribution in [0.2, 0.25) is 0 Å². The molecular formula is C11H9BrINO3. The lowest BCUT2D eigenvalue weighted by Crippen LogP contribution is -2.04. The fourth-order valence-corrected chi connectivity index (χ4v) is 2.41. The summed E-state index contributed by atoms with van der Waals surface area (Å²) in [5.41, 5.74) is 1.31. The molecule has 6 heteroatoms. The van der Waals surface area contributed by atoms with Gasteiger partial charge in [-0.2, -0.15) is 4.73 Å². The van der Waals surface area contributed by atoms with E-state index in [-0.39, 0.29) is 5.97 Å². The van der Waals surface area contributed by atoms with Crippen molar-refractivity contribution in [1.29, 1.82) is 0 Å². The molecule has 90 valence electrons. The van der Waals surface area contributed by atoms with Crippen LogP contribution in [0.15, 0.2) is 22.8 Å². The third-order valence-corrected chi connectivity index (χ3v) is 4.70. The van der Waals surface area contributed by atoms with Gasteiger partial charge in [-0.25, -0.2) is 4.79 Å². The molecule has 0 fully saturated rings. The summed E-state index contributed by atoms with van der Waals surface area (Å²) in [5, 5.41) is 0.811. The minimum atomic E-state index is -0.371. The van der Waals surface area contributed by atoms with E-state index in [1.165, 1.54) is 7.11 Å². The molecule has 0 aliphatic heterocycles. The Morgan fingerprint density at radius 1 is 1.41 bits per heavy atom. The number of esters is 1. The van der Waals surface area contributed by atoms with E-state index in [2.05, 4.69) is 38.5 Å². The van der Waals surface area contributed by atoms with Crippen molar-refractivity contribution in [1.82, 2.24) is 4.73 Å². The van der Waals surface area contributed by atoms with E-state index in [4.69, 9.17) is 9.57 Å². The van der Waals surface area contributed by atoms with Crippen molar-refractivity contribution < 1.29 is 14.4 Å². The van der Waals surface area contributed by atoms with Gasteiger partial charge in [0.1, 0.15) is 7.11 Å². The van der Waals surface area contributed by atoms with E-state index in [1.54, 1.807) is 18.0 Å². The lowest BCUT2D eigenvalue weighted by Gasteiger charge is -2.03. The van der Waals surface area contributed by atoms with Gasteiger partial charge in [-0.15, -0.1) is 0 Å². The predicted molar refractivity (Wildman–Crippen MR) is 76.2 cm³/mol. The van der Waals surface area contributed by atoms with E-state index in [1.807, 2.05) is 12.1 Å². The number of benzene rings is 1. The smallest absolute Gasteiger partial charge is 0.340 e. The van der Waals surface area contributed by atoms with Gasteiger partial charge in [-0.3, -0.25) is 0 Å². The summed E-state index contributed by atoms with van der Waals surface area (Å²) < 4.78 is 8.27. The number of hydrogen-bond donors (Lipinski definition) is 0. The van der Waals surface area contributed by atoms with E-state index < -0.39 is 0 Å². The zero-order chi connectivity index (χ0) is 12.6. The molecule has 17 heavy (non-hydrogen) atoms. The lowest BCUT2D eigenvalue weighted by atomic mass is 10.2. The first-order valence-corrected chi connectivity index (χ1v) is 6.58. The Morgan fingerprint density at radius 3 is 2.71 bits per heavy atom. The van der Waals surface area contributed by atoms with Gasteiger partial charge in [-0.1, -0.05) is 0 Å². The van der Waals surface area contributed by atoms with Crippen LogP contribution in [-0.2, 0) is 4.74 Å². The Kier molecular flexibility index (Phi) is 3.62. The molecule has 0 spiro atoms. The second kappa shape index (κ2) is 4.85. The summed E-state index contributed by atoms with van der Waals surface area (Å²) >= 11 is 5.65. The molecule has 0 aliphatic rings. The number of nitrogens with zero attached hydrogens (tertiary/aromatic N) is 1. The molecule has 0 amide bonds. The van der Waals surface area contributed by atoms with E-state index in [9.17, 15) is 4.79 Å². The van der Waals surface area contributed by atoms with Crippen molar-refractivity contribution in [3.63, 3.8) is 0 Å². The summed E-state index contributed by atoms with van der Waals surface area (Å²) in [6.45, 7) is 0. The lowest BCUT2D eigenvalue weighted by molar-refractivity contribution is 0.0600. The molecule has 0 aliphatic carbocycles. The van der Waals surface area contributed by atoms with Crippen LogP contribution in [0.1, 0.15) is 10.4 Å². The van der Waals surface area contributed by atoms with E-state index in [0.29, 0.717) is 5.56 Å². The summed E-state index contributed by atoms with van der Waals surface area (Å²) in [6, 6.07) is 3.83. The third kappa shape index (κ3) is 2.15. The molecule has 0 atom stereocenters. The first-order valence-electron chi connectivity index (χ1n) is 4.71. The molecule has 0 saturated carbocycles. The Balaban J connectivity index is 2.78. The molecule has 0 unspecified atom stereocenters. The van der Waals surface area contributed by atoms with Crippen molar-refractivity contribution in [3.8, 4) is 0 Å². The number of fused-ring (bicyclic) bond motifs is 1. The van der Waals surface area contributed by atoms with Gasteiger partial charge in [0, 0.05) is 13.4 Å². The molecule has 0 bridgehead atoms. The Bertz CT molecular complexity index is 594. The Hall–Kier alpha value is -0.760. The monoisotopic (exact) mass is 409 g/mol. The maximum atomic E-state index is 11.6. The zero-order valence-corrected chi connectivity index (χ0v) is 12.9. The number of carbonyl (C=O) groups excluding carboxylic acids is 1. The third-order valence-electron chi connectivity index (χ3n) is 2.41. The molecule has 2 rings (SSSR count). The zero-order valence-electron chi connectivity index (χ0n) is 9.16. The second-order valence-corrected chi connectivity index (χ2v) is 5.34. The average Bonchev–Trinajstić information content (AvgIpc) is 2.67. The van der Waals surface area contributed by atoms with Crippen LogP contribution in [0.4, 0.5) is 0 Å². The number of rotatable bonds is 2. The fourth-order valence-electron chi connectivity index (χ4n) is 1.61. The van der Waals surface area contributed by atoms with Crippen LogP contribution >= 0.6 is 38.5 Å². The quantitative estimate of drug-likeness (QED) is 0.565. The summed E-state index contributed by atoms with van der Waals surface area (Å²) in [5.74, 6) is -0.371. The maximum absolute atomic E-state index is 11.6. The Morgan fingerprint density at radius 2 is 2.12 bits per heavy atom. The number of hydrogen-bond acceptors (Lipinski definition) is 3. The molecule has 0 saturated heterocycles. The van der Waals surface area contributed by atoms with Crippen LogP contribution in [0.25, 0.3) is 10.9 Å². The van der Waals surface area contributed by atoms with Gasteiger partial charge in [0.2, 0.25) is 0 Å². The van der Waals surface area contributed by atoms with Gasteiger partial charge in [0.05, 0.1) is 24.4 Å². The van der Waals surface area contributed by atoms with Gasteiger partial charge in [0.25, 0.3) is 0 Å². The highest BCUT2D eigenvalue weighted by molar-refractivity contribution is 14.1. The highest BCUT2D eigenvalue weighted by Gasteiger charge is 2.17. The SMILES string of the molecule is COC(=O)c1cn(OC)c2cc(Br)c(I)cc12. The predicted octanol–water partition coefficient (Wildman–Crippen LogP) is 2.85. The number of ether oxygens (including phenoxy) is 1. The summed E-state index contributed by atoms with van der Waals surface area (Å²) in [4.78, 5) is 16.8. The topological polar surface area (TPSA) is 40.5 Å². The standard InChI is InChI=1S/C11H9BrINO3/c1-16-11(15)7-5-14(17-2)10-4-8(12)9(13)3-6(7)10/h3-5H,1-2H3. The molecule has 1 aromatic heterocycles. The van der Waals surface area contributed by atoms with Gasteiger partial charge < -0.3 is 9.57 Å². The minimum absolute atomic E-state index is 0.371. The second-order valence-electron chi connectivity index (χ2n) is 3.33. The van der Waals surface area contributed by atoms with Crippen molar-refractivity contribution in [2.75, 3.05) is 14.2 Å². The van der Waals surface area contributed by atoms with Crippen LogP contribution in [-0.4, -0.2) is 24.9 Å². The number of methoxy groups -OCH3 is 1. The van der Waals surface area contributed by atoms with Gasteiger partial charge in [0.15, 0.2) is 0 Å². The van der Waals surface area contributed by atoms with Crippen molar-refractivity contribution in [3.05, 3.63) is 31.9 Å². The number of halogens is 2. The molecule has 4 nitrogen and oxygen atoms in total. The maximum Gasteiger partial charge on any atom is 0.340 e. The number of aromatic nitrogens is 1. The highest BCUT2D eigenvalue weighted by Crippen LogP contribution is 2.29. The highest BCUT2D eigenvalue weighted by atomic mass is 127. The van der Waals surface area contributed by atoms with Crippen LogP contribution in [0.5, 0.6) is 0 Å². The van der Waals surface area contributed by atoms with E-state index in [0.717, 1.165) is 18.9 Å². The fraction of sp³-hybridized carbons (Fsp3) is 0.182. The van der Waals surface area contributed by atoms with Crippen molar-refractivity contribution >= 4 is 55.4 Å². The average molecular weight is 410 g/mol. The molecule has 0 radical (unpaired) electrons. The molecule has 2 aromatic rings. The summed E-state index contributed by atoms with van der Waals surface area (Å²) in [7, 11) is 2.91. The van der Waals surface area contributed by atoms with Crippen molar-refractivity contribution in [2.45, 2.75) is 0 Å². The molecule has 1 aromatic carbocycles. The normalized spacial score (nSPS) is 10.6. The minimum Gasteiger partial charge on any atom is -0.465 e. The molecular weight excluding hydrogens is 401 g/mol. The molecule has 0 N–H and O–H groups in total. The van der Waals surface area contributed by atoms with Crippen molar-refractivity contribution in [2.24, 2.45) is 0 Å². The van der Waals surface area contributed by atoms with Crippen LogP contribution < -0.4 is 4.84 Å². The van der Waals surface area contributed by atoms with Gasteiger partial charge in [-0.05, 0) is 50.7 Å². The number of carbonyl (C=O) groups is 1. The summed E-state index contributed by atoms with van der Waals surface area (Å²) in [6.07, 6.45) is 1.62. The molecule has 1 heterocycles. The largest absolute Gasteiger partial charge is 0.465 e. The van der Waals surface area contributed by atoms with Gasteiger partial charge >= 0.3 is 5.97 Å². The van der Waals surface area contributed by atoms with Crippen LogP contribution in [0.3, 0.4) is 0 Å². The Labute approximate surface area is 120 Å². The first kappa shape index (κ1) is 12.7. The first-order chi connectivity index (χ1) is 8.08. The van der Waals surface area contributed by atoms with E-state index >= 15 is 0 Å². The van der Waals surface area contributed by atoms with Crippen LogP contribution in [0, 0.1) is 3.57 Å².